The van der Waals surface area contributed by atoms with Crippen LogP contribution in [-0.2, 0) is 16.0 Å². The molecule has 5 nitrogen and oxygen atoms in total. The maximum absolute atomic E-state index is 12.4. The third-order valence-electron chi connectivity index (χ3n) is 3.71. The van der Waals surface area contributed by atoms with Crippen molar-refractivity contribution in [2.24, 2.45) is 4.99 Å². The van der Waals surface area contributed by atoms with Crippen molar-refractivity contribution in [2.45, 2.75) is 18.1 Å². The SMILES string of the molecule is O=C1C[C@H](C(=O)NCCc2ccccc2)SC(=Nc2ccccc2)N1. The number of carbonyl (C=O) groups excluding carboxylic acids is 2. The standard InChI is InChI=1S/C19H19N3O2S/c23-17-13-16(18(24)20-12-11-14-7-3-1-4-8-14)25-19(22-17)21-15-9-5-2-6-10-15/h1-10,16H,11-13H2,(H,20,24)(H,21,22,23)/t16-/m1/s1. The molecule has 0 bridgehead atoms. The van der Waals surface area contributed by atoms with Crippen molar-refractivity contribution in [3.05, 3.63) is 66.2 Å². The van der Waals surface area contributed by atoms with Crippen LogP contribution in [0.25, 0.3) is 0 Å². The molecule has 2 aromatic carbocycles. The molecule has 1 aliphatic heterocycles. The van der Waals surface area contributed by atoms with E-state index < -0.39 is 5.25 Å². The van der Waals surface area contributed by atoms with Gasteiger partial charge in [0, 0.05) is 13.0 Å². The van der Waals surface area contributed by atoms with E-state index in [1.54, 1.807) is 0 Å². The lowest BCUT2D eigenvalue weighted by Gasteiger charge is -2.22. The first-order chi connectivity index (χ1) is 12.2. The minimum Gasteiger partial charge on any atom is -0.355 e. The van der Waals surface area contributed by atoms with Crippen LogP contribution < -0.4 is 10.6 Å². The van der Waals surface area contributed by atoms with E-state index in [-0.39, 0.29) is 18.2 Å². The number of amidine groups is 1. The molecule has 2 aromatic rings. The number of hydrogen-bond donors (Lipinski definition) is 2. The highest BCUT2D eigenvalue weighted by atomic mass is 32.2. The van der Waals surface area contributed by atoms with Crippen molar-refractivity contribution in [2.75, 3.05) is 6.54 Å². The normalized spacial score (nSPS) is 18.6. The van der Waals surface area contributed by atoms with E-state index >= 15 is 0 Å². The third kappa shape index (κ3) is 5.19. The van der Waals surface area contributed by atoms with Gasteiger partial charge in [-0.1, -0.05) is 60.3 Å². The van der Waals surface area contributed by atoms with E-state index in [2.05, 4.69) is 15.6 Å². The van der Waals surface area contributed by atoms with E-state index in [4.69, 9.17) is 0 Å². The van der Waals surface area contributed by atoms with Crippen LogP contribution in [0.5, 0.6) is 0 Å². The highest BCUT2D eigenvalue weighted by Gasteiger charge is 2.29. The number of para-hydroxylation sites is 1. The van der Waals surface area contributed by atoms with Crippen LogP contribution in [-0.4, -0.2) is 28.8 Å². The molecule has 1 fully saturated rings. The Labute approximate surface area is 150 Å². The molecule has 1 heterocycles. The van der Waals surface area contributed by atoms with Crippen LogP contribution in [0, 0.1) is 0 Å². The topological polar surface area (TPSA) is 70.6 Å². The minimum absolute atomic E-state index is 0.128. The first kappa shape index (κ1) is 17.2. The molecule has 0 radical (unpaired) electrons. The number of carbonyl (C=O) groups is 2. The van der Waals surface area contributed by atoms with Crippen LogP contribution in [0.4, 0.5) is 5.69 Å². The van der Waals surface area contributed by atoms with Gasteiger partial charge in [-0.15, -0.1) is 0 Å². The molecular weight excluding hydrogens is 334 g/mol. The number of benzene rings is 2. The fourth-order valence-corrected chi connectivity index (χ4v) is 3.48. The van der Waals surface area contributed by atoms with Crippen molar-refractivity contribution >= 4 is 34.4 Å². The summed E-state index contributed by atoms with van der Waals surface area (Å²) in [5.41, 5.74) is 1.92. The van der Waals surface area contributed by atoms with Crippen LogP contribution in [0.2, 0.25) is 0 Å². The number of rotatable bonds is 5. The largest absolute Gasteiger partial charge is 0.355 e. The average Bonchev–Trinajstić information content (AvgIpc) is 2.63. The van der Waals surface area contributed by atoms with Gasteiger partial charge in [-0.3, -0.25) is 9.59 Å². The average molecular weight is 353 g/mol. The third-order valence-corrected chi connectivity index (χ3v) is 4.79. The number of amides is 2. The second kappa shape index (κ2) is 8.48. The van der Waals surface area contributed by atoms with Crippen LogP contribution in [0.3, 0.4) is 0 Å². The quantitative estimate of drug-likeness (QED) is 0.868. The first-order valence-corrected chi connectivity index (χ1v) is 9.00. The zero-order valence-electron chi connectivity index (χ0n) is 13.6. The predicted molar refractivity (Wildman–Crippen MR) is 101 cm³/mol. The van der Waals surface area contributed by atoms with Gasteiger partial charge >= 0.3 is 0 Å². The van der Waals surface area contributed by atoms with Gasteiger partial charge in [0.05, 0.1) is 10.9 Å². The lowest BCUT2D eigenvalue weighted by Crippen LogP contribution is -2.44. The van der Waals surface area contributed by atoms with Crippen LogP contribution in [0.15, 0.2) is 65.7 Å². The summed E-state index contributed by atoms with van der Waals surface area (Å²) in [5.74, 6) is -0.312. The van der Waals surface area contributed by atoms with Crippen molar-refractivity contribution < 1.29 is 9.59 Å². The smallest absolute Gasteiger partial charge is 0.234 e. The molecule has 1 atom stereocenters. The summed E-state index contributed by atoms with van der Waals surface area (Å²) in [4.78, 5) is 28.7. The summed E-state index contributed by atoms with van der Waals surface area (Å²) in [6.07, 6.45) is 0.927. The molecule has 0 saturated carbocycles. The highest BCUT2D eigenvalue weighted by Crippen LogP contribution is 2.23. The summed E-state index contributed by atoms with van der Waals surface area (Å²) < 4.78 is 0. The second-order valence-electron chi connectivity index (χ2n) is 5.64. The van der Waals surface area contributed by atoms with Crippen molar-refractivity contribution in [3.8, 4) is 0 Å². The summed E-state index contributed by atoms with van der Waals surface area (Å²) in [7, 11) is 0. The van der Waals surface area contributed by atoms with E-state index in [0.29, 0.717) is 11.7 Å². The predicted octanol–water partition coefficient (Wildman–Crippen LogP) is 2.65. The van der Waals surface area contributed by atoms with Crippen LogP contribution >= 0.6 is 11.8 Å². The molecule has 1 saturated heterocycles. The molecule has 128 valence electrons. The maximum atomic E-state index is 12.4. The zero-order chi connectivity index (χ0) is 17.5. The maximum Gasteiger partial charge on any atom is 0.234 e. The van der Waals surface area contributed by atoms with Gasteiger partial charge < -0.3 is 10.6 Å². The van der Waals surface area contributed by atoms with Crippen molar-refractivity contribution in [1.82, 2.24) is 10.6 Å². The molecule has 0 aliphatic carbocycles. The van der Waals surface area contributed by atoms with Gasteiger partial charge in [0.1, 0.15) is 0 Å². The fourth-order valence-electron chi connectivity index (χ4n) is 2.45. The molecule has 0 aromatic heterocycles. The van der Waals surface area contributed by atoms with Gasteiger partial charge in [-0.25, -0.2) is 4.99 Å². The zero-order valence-corrected chi connectivity index (χ0v) is 14.5. The van der Waals surface area contributed by atoms with E-state index in [1.807, 2.05) is 60.7 Å². The summed E-state index contributed by atoms with van der Waals surface area (Å²) in [5, 5.41) is 5.65. The highest BCUT2D eigenvalue weighted by molar-refractivity contribution is 8.15. The summed E-state index contributed by atoms with van der Waals surface area (Å²) in [6, 6.07) is 19.3. The molecule has 6 heteroatoms. The molecule has 25 heavy (non-hydrogen) atoms. The Morgan fingerprint density at radius 3 is 2.52 bits per heavy atom. The molecule has 2 amide bonds. The molecular formula is C19H19N3O2S. The Bertz CT molecular complexity index is 763. The Morgan fingerprint density at radius 1 is 1.12 bits per heavy atom. The van der Waals surface area contributed by atoms with E-state index in [1.165, 1.54) is 17.3 Å². The molecule has 0 spiro atoms. The summed E-state index contributed by atoms with van der Waals surface area (Å²) in [6.45, 7) is 0.548. The molecule has 0 unspecified atom stereocenters. The van der Waals surface area contributed by atoms with Gasteiger partial charge in [0.2, 0.25) is 11.8 Å². The number of nitrogens with zero attached hydrogens (tertiary/aromatic N) is 1. The van der Waals surface area contributed by atoms with Crippen molar-refractivity contribution in [1.29, 1.82) is 0 Å². The van der Waals surface area contributed by atoms with Gasteiger partial charge in [0.15, 0.2) is 5.17 Å². The number of nitrogens with one attached hydrogen (secondary N) is 2. The Balaban J connectivity index is 1.56. The molecule has 2 N–H and O–H groups in total. The van der Waals surface area contributed by atoms with Gasteiger partial charge in [-0.2, -0.15) is 0 Å². The first-order valence-electron chi connectivity index (χ1n) is 8.12. The van der Waals surface area contributed by atoms with E-state index in [0.717, 1.165) is 12.1 Å². The minimum atomic E-state index is -0.452. The van der Waals surface area contributed by atoms with Gasteiger partial charge in [0.25, 0.3) is 0 Å². The molecule has 3 rings (SSSR count). The monoisotopic (exact) mass is 353 g/mol. The Hall–Kier alpha value is -2.60. The fraction of sp³-hybridized carbons (Fsp3) is 0.211. The number of thioether (sulfide) groups is 1. The van der Waals surface area contributed by atoms with E-state index in [9.17, 15) is 9.59 Å². The summed E-state index contributed by atoms with van der Waals surface area (Å²) >= 11 is 1.29. The van der Waals surface area contributed by atoms with Crippen molar-refractivity contribution in [3.63, 3.8) is 0 Å². The number of hydrogen-bond acceptors (Lipinski definition) is 4. The molecule has 1 aliphatic rings. The van der Waals surface area contributed by atoms with Gasteiger partial charge in [-0.05, 0) is 24.1 Å². The van der Waals surface area contributed by atoms with Crippen LogP contribution in [0.1, 0.15) is 12.0 Å². The lowest BCUT2D eigenvalue weighted by atomic mass is 10.1. The Kier molecular flexibility index (Phi) is 5.85. The second-order valence-corrected chi connectivity index (χ2v) is 6.83. The lowest BCUT2D eigenvalue weighted by molar-refractivity contribution is -0.125. The number of aliphatic imine (C=N–C) groups is 1. The Morgan fingerprint density at radius 2 is 1.80 bits per heavy atom.